The number of nitrogens with zero attached hydrogens (tertiary/aromatic N) is 3. The predicted octanol–water partition coefficient (Wildman–Crippen LogP) is 1.60. The molecule has 0 aliphatic heterocycles. The highest BCUT2D eigenvalue weighted by molar-refractivity contribution is 6.08. The third-order valence-electron chi connectivity index (χ3n) is 3.29. The van der Waals surface area contributed by atoms with Gasteiger partial charge in [-0.3, -0.25) is 10.2 Å². The highest BCUT2D eigenvalue weighted by atomic mass is 19.1. The van der Waals surface area contributed by atoms with Crippen molar-refractivity contribution in [3.05, 3.63) is 81.9 Å². The number of hydrogen-bond donors (Lipinski definition) is 3. The Labute approximate surface area is 145 Å². The van der Waals surface area contributed by atoms with E-state index < -0.39 is 23.0 Å². The van der Waals surface area contributed by atoms with Gasteiger partial charge in [0.15, 0.2) is 17.5 Å². The number of H-pyrrole nitrogens is 1. The molecule has 0 fully saturated rings. The second-order valence-electron chi connectivity index (χ2n) is 5.05. The Kier molecular flexibility index (Phi) is 4.92. The van der Waals surface area contributed by atoms with Crippen molar-refractivity contribution >= 4 is 11.7 Å². The van der Waals surface area contributed by atoms with Crippen LogP contribution in [0.3, 0.4) is 0 Å². The summed E-state index contributed by atoms with van der Waals surface area (Å²) in [6.07, 6.45) is 2.00. The summed E-state index contributed by atoms with van der Waals surface area (Å²) in [4.78, 5) is 21.0. The SMILES string of the molecule is N=C(/N=C(\NCc1ccccc1F)c1ccon1)c1ncc(F)c(=O)[nH]1. The van der Waals surface area contributed by atoms with Gasteiger partial charge in [-0.1, -0.05) is 23.4 Å². The van der Waals surface area contributed by atoms with E-state index in [2.05, 4.69) is 25.4 Å². The Morgan fingerprint density at radius 3 is 2.77 bits per heavy atom. The number of hydrogen-bond acceptors (Lipinski definition) is 5. The largest absolute Gasteiger partial charge is 0.364 e. The van der Waals surface area contributed by atoms with Crippen LogP contribution in [0.15, 0.2) is 57.1 Å². The molecule has 3 aromatic rings. The van der Waals surface area contributed by atoms with Gasteiger partial charge in [-0.15, -0.1) is 0 Å². The van der Waals surface area contributed by atoms with Gasteiger partial charge < -0.3 is 14.8 Å². The molecule has 26 heavy (non-hydrogen) atoms. The standard InChI is InChI=1S/C16H12F2N6O2/c17-10-4-2-1-3-9(10)7-20-14(12-5-6-26-24-12)22-13(19)15-21-8-11(18)16(25)23-15/h1-6,8H,7H2,(H2,19,20,22)(H,21,23,25). The first kappa shape index (κ1) is 17.1. The summed E-state index contributed by atoms with van der Waals surface area (Å²) < 4.78 is 31.5. The van der Waals surface area contributed by atoms with Gasteiger partial charge in [-0.2, -0.15) is 4.39 Å². The molecule has 1 aromatic carbocycles. The molecule has 0 aliphatic rings. The van der Waals surface area contributed by atoms with Crippen molar-refractivity contribution in [1.29, 1.82) is 5.41 Å². The summed E-state index contributed by atoms with van der Waals surface area (Å²) in [5.41, 5.74) is -0.378. The van der Waals surface area contributed by atoms with Crippen LogP contribution in [0.1, 0.15) is 17.1 Å². The van der Waals surface area contributed by atoms with Crippen molar-refractivity contribution in [3.8, 4) is 0 Å². The van der Waals surface area contributed by atoms with E-state index in [1.807, 2.05) is 0 Å². The zero-order valence-corrected chi connectivity index (χ0v) is 13.2. The maximum atomic E-state index is 13.8. The molecule has 2 aromatic heterocycles. The number of nitrogens with one attached hydrogen (secondary N) is 3. The number of amidine groups is 2. The first-order valence-corrected chi connectivity index (χ1v) is 7.35. The van der Waals surface area contributed by atoms with Crippen LogP contribution >= 0.6 is 0 Å². The quantitative estimate of drug-likeness (QED) is 0.483. The lowest BCUT2D eigenvalue weighted by Crippen LogP contribution is -2.27. The van der Waals surface area contributed by atoms with E-state index >= 15 is 0 Å². The molecular formula is C16H12F2N6O2. The minimum Gasteiger partial charge on any atom is -0.364 e. The molecule has 0 bridgehead atoms. The van der Waals surface area contributed by atoms with Crippen LogP contribution < -0.4 is 10.9 Å². The number of rotatable bonds is 4. The van der Waals surface area contributed by atoms with Gasteiger partial charge in [0.25, 0.3) is 5.56 Å². The number of benzene rings is 1. The monoisotopic (exact) mass is 358 g/mol. The van der Waals surface area contributed by atoms with Crippen molar-refractivity contribution in [3.63, 3.8) is 0 Å². The lowest BCUT2D eigenvalue weighted by atomic mass is 10.2. The van der Waals surface area contributed by atoms with Gasteiger partial charge in [0, 0.05) is 18.2 Å². The first-order chi connectivity index (χ1) is 12.5. The van der Waals surface area contributed by atoms with Crippen molar-refractivity contribution in [1.82, 2.24) is 20.4 Å². The van der Waals surface area contributed by atoms with E-state index in [4.69, 9.17) is 9.93 Å². The maximum absolute atomic E-state index is 13.8. The minimum atomic E-state index is -1.07. The van der Waals surface area contributed by atoms with Gasteiger partial charge in [0.2, 0.25) is 5.82 Å². The van der Waals surface area contributed by atoms with Gasteiger partial charge in [0.1, 0.15) is 17.8 Å². The Bertz CT molecular complexity index is 1010. The molecule has 0 unspecified atom stereocenters. The second kappa shape index (κ2) is 7.47. The smallest absolute Gasteiger partial charge is 0.287 e. The first-order valence-electron chi connectivity index (χ1n) is 7.35. The number of aliphatic imine (C=N–C) groups is 1. The Hall–Kier alpha value is -3.69. The van der Waals surface area contributed by atoms with Gasteiger partial charge in [0.05, 0.1) is 6.20 Å². The van der Waals surface area contributed by atoms with Crippen LogP contribution in [0, 0.1) is 17.0 Å². The van der Waals surface area contributed by atoms with E-state index in [9.17, 15) is 13.6 Å². The number of halogens is 2. The Balaban J connectivity index is 1.87. The summed E-state index contributed by atoms with van der Waals surface area (Å²) in [6, 6.07) is 7.65. The molecule has 0 radical (unpaired) electrons. The van der Waals surface area contributed by atoms with E-state index in [0.29, 0.717) is 11.8 Å². The maximum Gasteiger partial charge on any atom is 0.287 e. The molecule has 3 rings (SSSR count). The summed E-state index contributed by atoms with van der Waals surface area (Å²) in [7, 11) is 0. The molecule has 0 amide bonds. The lowest BCUT2D eigenvalue weighted by Gasteiger charge is -2.08. The van der Waals surface area contributed by atoms with E-state index in [1.165, 1.54) is 18.4 Å². The molecular weight excluding hydrogens is 346 g/mol. The zero-order valence-electron chi connectivity index (χ0n) is 13.2. The van der Waals surface area contributed by atoms with Crippen molar-refractivity contribution in [2.45, 2.75) is 6.54 Å². The van der Waals surface area contributed by atoms with Crippen molar-refractivity contribution in [2.75, 3.05) is 0 Å². The Morgan fingerprint density at radius 1 is 1.27 bits per heavy atom. The van der Waals surface area contributed by atoms with E-state index in [1.54, 1.807) is 18.2 Å². The summed E-state index contributed by atoms with van der Waals surface area (Å²) in [6.45, 7) is 0.0685. The fourth-order valence-corrected chi connectivity index (χ4v) is 2.01. The third-order valence-corrected chi connectivity index (χ3v) is 3.29. The van der Waals surface area contributed by atoms with Gasteiger partial charge in [-0.05, 0) is 6.07 Å². The Morgan fingerprint density at radius 2 is 2.08 bits per heavy atom. The molecule has 0 aliphatic carbocycles. The fraction of sp³-hybridized carbons (Fsp3) is 0.0625. The van der Waals surface area contributed by atoms with Gasteiger partial charge >= 0.3 is 0 Å². The highest BCUT2D eigenvalue weighted by Crippen LogP contribution is 2.07. The molecule has 132 valence electrons. The average molecular weight is 358 g/mol. The molecule has 10 heteroatoms. The second-order valence-corrected chi connectivity index (χ2v) is 5.05. The van der Waals surface area contributed by atoms with Crippen LogP contribution in [-0.2, 0) is 6.54 Å². The van der Waals surface area contributed by atoms with Crippen LogP contribution in [0.5, 0.6) is 0 Å². The van der Waals surface area contributed by atoms with Crippen LogP contribution in [0.2, 0.25) is 0 Å². The molecule has 0 saturated carbocycles. The lowest BCUT2D eigenvalue weighted by molar-refractivity contribution is 0.418. The van der Waals surface area contributed by atoms with E-state index in [0.717, 1.165) is 0 Å². The molecule has 8 nitrogen and oxygen atoms in total. The molecule has 3 N–H and O–H groups in total. The summed E-state index contributed by atoms with van der Waals surface area (Å²) >= 11 is 0. The predicted molar refractivity (Wildman–Crippen MR) is 87.9 cm³/mol. The van der Waals surface area contributed by atoms with Crippen LogP contribution in [0.4, 0.5) is 8.78 Å². The number of aromatic amines is 1. The molecule has 0 atom stereocenters. The third kappa shape index (κ3) is 3.86. The number of aromatic nitrogens is 3. The summed E-state index contributed by atoms with van der Waals surface area (Å²) in [5.74, 6) is -2.05. The fourth-order valence-electron chi connectivity index (χ4n) is 2.01. The van der Waals surface area contributed by atoms with Crippen molar-refractivity contribution in [2.24, 2.45) is 4.99 Å². The summed E-state index contributed by atoms with van der Waals surface area (Å²) in [5, 5.41) is 14.5. The van der Waals surface area contributed by atoms with Crippen LogP contribution in [0.25, 0.3) is 0 Å². The average Bonchev–Trinajstić information content (AvgIpc) is 3.16. The molecule has 0 spiro atoms. The normalized spacial score (nSPS) is 11.4. The molecule has 2 heterocycles. The highest BCUT2D eigenvalue weighted by Gasteiger charge is 2.12. The van der Waals surface area contributed by atoms with Crippen molar-refractivity contribution < 1.29 is 13.3 Å². The minimum absolute atomic E-state index is 0.0685. The van der Waals surface area contributed by atoms with Crippen LogP contribution in [-0.4, -0.2) is 26.8 Å². The zero-order chi connectivity index (χ0) is 18.5. The van der Waals surface area contributed by atoms with E-state index in [-0.39, 0.29) is 23.9 Å². The topological polar surface area (TPSA) is 120 Å². The molecule has 0 saturated heterocycles. The van der Waals surface area contributed by atoms with Gasteiger partial charge in [-0.25, -0.2) is 14.4 Å².